The van der Waals surface area contributed by atoms with Gasteiger partial charge in [0.1, 0.15) is 11.3 Å². The molecule has 1 amide bonds. The van der Waals surface area contributed by atoms with Crippen LogP contribution in [0.15, 0.2) is 51.7 Å². The van der Waals surface area contributed by atoms with E-state index in [0.29, 0.717) is 16.7 Å². The second-order valence-corrected chi connectivity index (χ2v) is 6.42. The van der Waals surface area contributed by atoms with Gasteiger partial charge in [0.2, 0.25) is 0 Å². The number of carbonyl (C=O) groups is 1. The Morgan fingerprint density at radius 1 is 1.08 bits per heavy atom. The first-order chi connectivity index (χ1) is 12.4. The van der Waals surface area contributed by atoms with Crippen LogP contribution in [0.1, 0.15) is 40.2 Å². The molecule has 3 rings (SSSR count). The summed E-state index contributed by atoms with van der Waals surface area (Å²) in [6, 6.07) is 12.0. The molecule has 1 atom stereocenters. The SMILES string of the molecule is COc1ccc(C)cc1[C@H](C)NC(=O)c1cc(=O)c2cc(C)ccc2o1. The molecule has 1 N–H and O–H groups in total. The quantitative estimate of drug-likeness (QED) is 0.774. The predicted octanol–water partition coefficient (Wildman–Crippen LogP) is 3.91. The molecule has 0 unspecified atom stereocenters. The number of benzene rings is 2. The number of rotatable bonds is 4. The zero-order chi connectivity index (χ0) is 18.8. The molecule has 0 aliphatic carbocycles. The molecular weight excluding hydrogens is 330 g/mol. The van der Waals surface area contributed by atoms with E-state index in [0.717, 1.165) is 16.7 Å². The molecule has 134 valence electrons. The molecule has 0 radical (unpaired) electrons. The Morgan fingerprint density at radius 3 is 2.50 bits per heavy atom. The monoisotopic (exact) mass is 351 g/mol. The van der Waals surface area contributed by atoms with Gasteiger partial charge in [-0.05, 0) is 39.0 Å². The minimum Gasteiger partial charge on any atom is -0.496 e. The third-order valence-corrected chi connectivity index (χ3v) is 4.31. The van der Waals surface area contributed by atoms with Gasteiger partial charge in [-0.2, -0.15) is 0 Å². The Morgan fingerprint density at radius 2 is 1.77 bits per heavy atom. The Bertz CT molecular complexity index is 1040. The Hall–Kier alpha value is -3.08. The number of fused-ring (bicyclic) bond motifs is 1. The van der Waals surface area contributed by atoms with Crippen molar-refractivity contribution in [3.8, 4) is 5.75 Å². The van der Waals surface area contributed by atoms with Gasteiger partial charge in [0, 0.05) is 11.6 Å². The van der Waals surface area contributed by atoms with Gasteiger partial charge in [0.15, 0.2) is 11.2 Å². The molecule has 5 heteroatoms. The average molecular weight is 351 g/mol. The number of aryl methyl sites for hydroxylation is 2. The molecule has 26 heavy (non-hydrogen) atoms. The van der Waals surface area contributed by atoms with Gasteiger partial charge >= 0.3 is 0 Å². The molecule has 3 aromatic rings. The number of carbonyl (C=O) groups excluding carboxylic acids is 1. The first-order valence-corrected chi connectivity index (χ1v) is 8.39. The van der Waals surface area contributed by atoms with Crippen LogP contribution in [0.25, 0.3) is 11.0 Å². The lowest BCUT2D eigenvalue weighted by atomic mass is 10.0. The second kappa shape index (κ2) is 7.04. The van der Waals surface area contributed by atoms with Gasteiger partial charge in [-0.15, -0.1) is 0 Å². The van der Waals surface area contributed by atoms with E-state index in [1.165, 1.54) is 6.07 Å². The minimum absolute atomic E-state index is 0.00942. The van der Waals surface area contributed by atoms with Crippen molar-refractivity contribution in [3.63, 3.8) is 0 Å². The fraction of sp³-hybridized carbons (Fsp3) is 0.238. The molecule has 1 heterocycles. The highest BCUT2D eigenvalue weighted by molar-refractivity contribution is 5.93. The van der Waals surface area contributed by atoms with Gasteiger partial charge in [-0.3, -0.25) is 9.59 Å². The zero-order valence-corrected chi connectivity index (χ0v) is 15.3. The Labute approximate surface area is 151 Å². The van der Waals surface area contributed by atoms with E-state index in [1.54, 1.807) is 19.2 Å². The number of methoxy groups -OCH3 is 1. The van der Waals surface area contributed by atoms with E-state index in [4.69, 9.17) is 9.15 Å². The first-order valence-electron chi connectivity index (χ1n) is 8.39. The van der Waals surface area contributed by atoms with Crippen molar-refractivity contribution < 1.29 is 13.9 Å². The van der Waals surface area contributed by atoms with Crippen molar-refractivity contribution in [1.82, 2.24) is 5.32 Å². The summed E-state index contributed by atoms with van der Waals surface area (Å²) in [5.41, 5.74) is 3.05. The van der Waals surface area contributed by atoms with Crippen molar-refractivity contribution in [1.29, 1.82) is 0 Å². The summed E-state index contributed by atoms with van der Waals surface area (Å²) in [7, 11) is 1.59. The number of hydrogen-bond donors (Lipinski definition) is 1. The second-order valence-electron chi connectivity index (χ2n) is 6.42. The van der Waals surface area contributed by atoms with Crippen molar-refractivity contribution >= 4 is 16.9 Å². The predicted molar refractivity (Wildman–Crippen MR) is 101 cm³/mol. The van der Waals surface area contributed by atoms with Crippen LogP contribution in [-0.2, 0) is 0 Å². The van der Waals surface area contributed by atoms with Gasteiger partial charge in [0.05, 0.1) is 18.5 Å². The molecular formula is C21H21NO4. The lowest BCUT2D eigenvalue weighted by Gasteiger charge is -2.17. The lowest BCUT2D eigenvalue weighted by molar-refractivity contribution is 0.0912. The highest BCUT2D eigenvalue weighted by Crippen LogP contribution is 2.26. The first kappa shape index (κ1) is 17.7. The van der Waals surface area contributed by atoms with Gasteiger partial charge in [0.25, 0.3) is 5.91 Å². The van der Waals surface area contributed by atoms with E-state index >= 15 is 0 Å². The molecule has 5 nitrogen and oxygen atoms in total. The van der Waals surface area contributed by atoms with Crippen LogP contribution in [0, 0.1) is 13.8 Å². The summed E-state index contributed by atoms with van der Waals surface area (Å²) < 4.78 is 11.0. The fourth-order valence-electron chi connectivity index (χ4n) is 2.92. The summed E-state index contributed by atoms with van der Waals surface area (Å²) in [5, 5.41) is 3.33. The summed E-state index contributed by atoms with van der Waals surface area (Å²) in [6.45, 7) is 5.73. The van der Waals surface area contributed by atoms with Crippen LogP contribution < -0.4 is 15.5 Å². The molecule has 0 fully saturated rings. The smallest absolute Gasteiger partial charge is 0.287 e. The Kier molecular flexibility index (Phi) is 4.80. The van der Waals surface area contributed by atoms with Gasteiger partial charge in [-0.25, -0.2) is 0 Å². The van der Waals surface area contributed by atoms with E-state index in [-0.39, 0.29) is 17.2 Å². The number of nitrogens with one attached hydrogen (secondary N) is 1. The van der Waals surface area contributed by atoms with Crippen LogP contribution >= 0.6 is 0 Å². The number of amides is 1. The van der Waals surface area contributed by atoms with Crippen molar-refractivity contribution in [2.24, 2.45) is 0 Å². The minimum atomic E-state index is -0.444. The summed E-state index contributed by atoms with van der Waals surface area (Å²) in [5.74, 6) is 0.240. The van der Waals surface area contributed by atoms with Crippen molar-refractivity contribution in [2.75, 3.05) is 7.11 Å². The van der Waals surface area contributed by atoms with Crippen LogP contribution in [0.5, 0.6) is 5.75 Å². The number of ether oxygens (including phenoxy) is 1. The third-order valence-electron chi connectivity index (χ3n) is 4.31. The maximum atomic E-state index is 12.6. The van der Waals surface area contributed by atoms with Crippen molar-refractivity contribution in [2.45, 2.75) is 26.8 Å². The molecule has 0 aliphatic rings. The maximum absolute atomic E-state index is 12.6. The topological polar surface area (TPSA) is 68.5 Å². The number of hydrogen-bond acceptors (Lipinski definition) is 4. The normalized spacial score (nSPS) is 12.0. The standard InChI is InChI=1S/C21H21NO4/c1-12-5-7-18(25-4)15(9-12)14(3)22-21(24)20-11-17(23)16-10-13(2)6-8-19(16)26-20/h5-11,14H,1-4H3,(H,22,24)/t14-/m0/s1. The molecule has 0 saturated heterocycles. The third kappa shape index (κ3) is 3.47. The van der Waals surface area contributed by atoms with Crippen LogP contribution in [0.4, 0.5) is 0 Å². The largest absolute Gasteiger partial charge is 0.496 e. The molecule has 0 aliphatic heterocycles. The molecule has 0 spiro atoms. The molecule has 0 bridgehead atoms. The van der Waals surface area contributed by atoms with Crippen molar-refractivity contribution in [3.05, 3.63) is 75.1 Å². The van der Waals surface area contributed by atoms with E-state index in [1.807, 2.05) is 45.0 Å². The highest BCUT2D eigenvalue weighted by Gasteiger charge is 2.18. The summed E-state index contributed by atoms with van der Waals surface area (Å²) in [6.07, 6.45) is 0. The average Bonchev–Trinajstić information content (AvgIpc) is 2.62. The molecule has 0 saturated carbocycles. The summed E-state index contributed by atoms with van der Waals surface area (Å²) >= 11 is 0. The fourth-order valence-corrected chi connectivity index (χ4v) is 2.92. The Balaban J connectivity index is 1.91. The van der Waals surface area contributed by atoms with Gasteiger partial charge < -0.3 is 14.5 Å². The molecule has 1 aromatic heterocycles. The zero-order valence-electron chi connectivity index (χ0n) is 15.3. The van der Waals surface area contributed by atoms with E-state index in [2.05, 4.69) is 5.32 Å². The van der Waals surface area contributed by atoms with E-state index in [9.17, 15) is 9.59 Å². The van der Waals surface area contributed by atoms with Gasteiger partial charge in [-0.1, -0.05) is 29.3 Å². The maximum Gasteiger partial charge on any atom is 0.287 e. The van der Waals surface area contributed by atoms with Crippen LogP contribution in [0.3, 0.4) is 0 Å². The van der Waals surface area contributed by atoms with Crippen LogP contribution in [0.2, 0.25) is 0 Å². The van der Waals surface area contributed by atoms with Crippen LogP contribution in [-0.4, -0.2) is 13.0 Å². The van der Waals surface area contributed by atoms with E-state index < -0.39 is 5.91 Å². The lowest BCUT2D eigenvalue weighted by Crippen LogP contribution is -2.27. The molecule has 2 aromatic carbocycles. The summed E-state index contributed by atoms with van der Waals surface area (Å²) in [4.78, 5) is 24.9. The highest BCUT2D eigenvalue weighted by atomic mass is 16.5.